The third kappa shape index (κ3) is 11.2. The first kappa shape index (κ1) is 49.2. The molecular weight excluding hydrogens is 987 g/mol. The van der Waals surface area contributed by atoms with Crippen LogP contribution in [0.1, 0.15) is 68.9 Å². The van der Waals surface area contributed by atoms with Gasteiger partial charge in [-0.2, -0.15) is 4.98 Å². The van der Waals surface area contributed by atoms with Crippen molar-refractivity contribution in [3.63, 3.8) is 0 Å². The number of amides is 2. The van der Waals surface area contributed by atoms with Crippen LogP contribution in [0, 0.1) is 17.6 Å². The number of methoxy groups -OCH3 is 1. The summed E-state index contributed by atoms with van der Waals surface area (Å²) in [6, 6.07) is 10.9. The van der Waals surface area contributed by atoms with Crippen LogP contribution < -0.4 is 35.2 Å². The number of nitrogens with one attached hydrogen (secondary N) is 4. The number of hydrogen-bond acceptors (Lipinski definition) is 15. The molecule has 2 amide bonds. The lowest BCUT2D eigenvalue weighted by molar-refractivity contribution is -0.134. The van der Waals surface area contributed by atoms with Crippen molar-refractivity contribution in [2.45, 2.75) is 70.3 Å². The van der Waals surface area contributed by atoms with Crippen molar-refractivity contribution in [2.75, 3.05) is 97.4 Å². The molecule has 0 aliphatic carbocycles. The van der Waals surface area contributed by atoms with Crippen LogP contribution in [0.4, 0.5) is 49.0 Å². The van der Waals surface area contributed by atoms with E-state index in [1.165, 1.54) is 23.9 Å². The van der Waals surface area contributed by atoms with E-state index in [1.54, 1.807) is 31.6 Å². The van der Waals surface area contributed by atoms with E-state index in [0.29, 0.717) is 56.4 Å². The van der Waals surface area contributed by atoms with Crippen molar-refractivity contribution in [3.8, 4) is 5.75 Å². The van der Waals surface area contributed by atoms with Crippen LogP contribution in [0.25, 0.3) is 11.0 Å². The summed E-state index contributed by atoms with van der Waals surface area (Å²) < 4.78 is 64.3. The second kappa shape index (κ2) is 21.3. The predicted octanol–water partition coefficient (Wildman–Crippen LogP) is 7.30. The minimum absolute atomic E-state index is 0.0654. The number of piperazine rings is 1. The molecule has 5 aromatic rings. The zero-order valence-corrected chi connectivity index (χ0v) is 42.0. The van der Waals surface area contributed by atoms with Crippen LogP contribution >= 0.6 is 15.9 Å². The molecule has 6 heterocycles. The SMILES string of the molecule is CCc1cc(Nc2ncc(Br)c(Nc3ccc4nccnc4c3NS(C)(=O)=O)n2)c(OC)cc1N1CCC(N2CCN(CCC3CCN(c4cc(F)c(C5CCC(=O)NC5=O)c(F)c4)CC3)CC2)CC1. The normalized spacial score (nSPS) is 19.1. The highest BCUT2D eigenvalue weighted by Crippen LogP contribution is 2.39. The van der Waals surface area contributed by atoms with Gasteiger partial charge in [0.1, 0.15) is 28.7 Å². The molecule has 2 aromatic heterocycles. The predicted molar refractivity (Wildman–Crippen MR) is 271 cm³/mol. The molecule has 17 nitrogen and oxygen atoms in total. The molecule has 0 spiro atoms. The number of imide groups is 1. The summed E-state index contributed by atoms with van der Waals surface area (Å²) >= 11 is 3.54. The van der Waals surface area contributed by atoms with Crippen molar-refractivity contribution < 1.29 is 31.5 Å². The first-order valence-electron chi connectivity index (χ1n) is 24.0. The van der Waals surface area contributed by atoms with Gasteiger partial charge in [-0.1, -0.05) is 6.92 Å². The number of fused-ring (bicyclic) bond motifs is 1. The zero-order chi connectivity index (χ0) is 49.1. The van der Waals surface area contributed by atoms with E-state index in [4.69, 9.17) is 9.72 Å². The highest BCUT2D eigenvalue weighted by atomic mass is 79.9. The number of ether oxygens (including phenoxy) is 1. The molecule has 1 atom stereocenters. The smallest absolute Gasteiger partial charge is 0.234 e. The van der Waals surface area contributed by atoms with Gasteiger partial charge in [-0.25, -0.2) is 22.2 Å². The van der Waals surface area contributed by atoms with E-state index < -0.39 is 39.4 Å². The Kier molecular flexibility index (Phi) is 15.0. The van der Waals surface area contributed by atoms with E-state index in [9.17, 15) is 18.0 Å². The van der Waals surface area contributed by atoms with Crippen LogP contribution in [-0.2, 0) is 26.0 Å². The fourth-order valence-corrected chi connectivity index (χ4v) is 11.2. The second-order valence-electron chi connectivity index (χ2n) is 18.6. The van der Waals surface area contributed by atoms with Gasteiger partial charge in [-0.15, -0.1) is 0 Å². The molecule has 70 heavy (non-hydrogen) atoms. The summed E-state index contributed by atoms with van der Waals surface area (Å²) in [5, 5.41) is 8.80. The molecule has 0 bridgehead atoms. The van der Waals surface area contributed by atoms with Crippen molar-refractivity contribution >= 4 is 89.0 Å². The van der Waals surface area contributed by atoms with Crippen LogP contribution in [0.15, 0.2) is 59.5 Å². The van der Waals surface area contributed by atoms with Gasteiger partial charge in [0.25, 0.3) is 0 Å². The van der Waals surface area contributed by atoms with Crippen molar-refractivity contribution in [3.05, 3.63) is 82.2 Å². The molecule has 1 unspecified atom stereocenters. The first-order valence-corrected chi connectivity index (χ1v) is 26.7. The highest BCUT2D eigenvalue weighted by molar-refractivity contribution is 9.10. The molecule has 9 rings (SSSR count). The topological polar surface area (TPSA) is 190 Å². The highest BCUT2D eigenvalue weighted by Gasteiger charge is 2.34. The molecule has 4 N–H and O–H groups in total. The number of aromatic nitrogens is 4. The Morgan fingerprint density at radius 1 is 0.857 bits per heavy atom. The van der Waals surface area contributed by atoms with Crippen LogP contribution in [-0.4, -0.2) is 128 Å². The minimum atomic E-state index is -3.65. The van der Waals surface area contributed by atoms with Crippen LogP contribution in [0.5, 0.6) is 5.75 Å². The van der Waals surface area contributed by atoms with E-state index in [1.807, 2.05) is 4.90 Å². The average molecular weight is 1050 g/mol. The minimum Gasteiger partial charge on any atom is -0.494 e. The fraction of sp³-hybridized carbons (Fsp3) is 0.469. The number of halogens is 3. The molecule has 0 radical (unpaired) electrons. The number of carbonyl (C=O) groups is 2. The number of nitrogens with zero attached hydrogens (tertiary/aromatic N) is 8. The maximum atomic E-state index is 15.2. The number of benzene rings is 3. The van der Waals surface area contributed by atoms with E-state index in [0.717, 1.165) is 115 Å². The molecule has 21 heteroatoms. The third-order valence-corrected chi connectivity index (χ3v) is 15.3. The summed E-state index contributed by atoms with van der Waals surface area (Å²) in [7, 11) is -2.00. The summed E-state index contributed by atoms with van der Waals surface area (Å²) in [6.45, 7) is 10.7. The van der Waals surface area contributed by atoms with E-state index in [2.05, 4.69) is 85.3 Å². The lowest BCUT2D eigenvalue weighted by atomic mass is 9.89. The summed E-state index contributed by atoms with van der Waals surface area (Å²) in [4.78, 5) is 51.6. The Morgan fingerprint density at radius 3 is 2.26 bits per heavy atom. The Morgan fingerprint density at radius 2 is 1.57 bits per heavy atom. The Bertz CT molecular complexity index is 2830. The van der Waals surface area contributed by atoms with Gasteiger partial charge in [-0.3, -0.25) is 34.5 Å². The first-order chi connectivity index (χ1) is 33.7. The summed E-state index contributed by atoms with van der Waals surface area (Å²) in [5.74, 6) is -1.60. The second-order valence-corrected chi connectivity index (χ2v) is 21.2. The number of piperidine rings is 3. The summed E-state index contributed by atoms with van der Waals surface area (Å²) in [5.41, 5.74) is 4.90. The van der Waals surface area contributed by atoms with Gasteiger partial charge >= 0.3 is 0 Å². The van der Waals surface area contributed by atoms with Gasteiger partial charge in [0.2, 0.25) is 27.8 Å². The van der Waals surface area contributed by atoms with E-state index in [-0.39, 0.29) is 24.1 Å². The molecule has 372 valence electrons. The van der Waals surface area contributed by atoms with Crippen molar-refractivity contribution in [1.29, 1.82) is 0 Å². The Hall–Kier alpha value is -5.77. The van der Waals surface area contributed by atoms with Gasteiger partial charge in [0.05, 0.1) is 46.3 Å². The van der Waals surface area contributed by atoms with Gasteiger partial charge in [-0.05, 0) is 109 Å². The Balaban J connectivity index is 0.751. The maximum Gasteiger partial charge on any atom is 0.234 e. The number of anilines is 7. The summed E-state index contributed by atoms with van der Waals surface area (Å²) in [6.07, 6.45) is 11.9. The number of carbonyl (C=O) groups excluding carboxylic acids is 2. The maximum absolute atomic E-state index is 15.2. The average Bonchev–Trinajstić information content (AvgIpc) is 3.35. The number of sulfonamides is 1. The molecule has 4 aliphatic heterocycles. The molecule has 4 fully saturated rings. The van der Waals surface area contributed by atoms with Crippen molar-refractivity contribution in [1.82, 2.24) is 35.1 Å². The van der Waals surface area contributed by atoms with Crippen LogP contribution in [0.2, 0.25) is 0 Å². The van der Waals surface area contributed by atoms with Crippen LogP contribution in [0.3, 0.4) is 0 Å². The number of rotatable bonds is 15. The molecule has 3 aromatic carbocycles. The standard InChI is InChI=1S/C49H59BrF2N12O5S/c1-4-31-25-40(57-49-55-29-35(50)47(59-49)56-39-7-6-38-45(54-15-14-53-38)46(39)60-70(3,67)68)42(69-2)28-41(31)64-19-12-32(13-20-64)63-23-21-61(22-24-63)16-9-30-10-17-62(18-11-30)33-26-36(51)44(37(52)27-33)34-5-8-43(65)58-48(34)66/h6-7,14-15,25-30,32,34,60H,4-5,8-13,16-24H2,1-3H3,(H,58,65,66)(H2,55,56,57,59). The molecule has 4 saturated heterocycles. The van der Waals surface area contributed by atoms with Gasteiger partial charge < -0.3 is 30.1 Å². The molecular formula is C49H59BrF2N12O5S. The van der Waals surface area contributed by atoms with Gasteiger partial charge in [0.15, 0.2) is 0 Å². The quantitative estimate of drug-likeness (QED) is 0.0764. The monoisotopic (exact) mass is 1040 g/mol. The van der Waals surface area contributed by atoms with E-state index >= 15 is 8.78 Å². The fourth-order valence-electron chi connectivity index (χ4n) is 10.4. The van der Waals surface area contributed by atoms with Crippen molar-refractivity contribution in [2.24, 2.45) is 5.92 Å². The lowest BCUT2D eigenvalue weighted by Crippen LogP contribution is -2.53. The van der Waals surface area contributed by atoms with Gasteiger partial charge in [0, 0.05) is 106 Å². The molecule has 4 aliphatic rings. The largest absolute Gasteiger partial charge is 0.494 e. The Labute approximate surface area is 415 Å². The zero-order valence-electron chi connectivity index (χ0n) is 39.6. The lowest BCUT2D eigenvalue weighted by Gasteiger charge is -2.44. The number of aryl methyl sites for hydroxylation is 1. The molecule has 0 saturated carbocycles. The number of hydrogen-bond donors (Lipinski definition) is 4. The third-order valence-electron chi connectivity index (χ3n) is 14.2.